The summed E-state index contributed by atoms with van der Waals surface area (Å²) in [6, 6.07) is 4.57. The first-order valence-electron chi connectivity index (χ1n) is 8.81. The number of likely N-dealkylation sites (N-methyl/N-ethyl adjacent to an activating group) is 1. The number of anilines is 1. The number of hydrogen-bond acceptors (Lipinski definition) is 4. The molecule has 5 nitrogen and oxygen atoms in total. The molecule has 2 atom stereocenters. The fourth-order valence-electron chi connectivity index (χ4n) is 3.51. The van der Waals surface area contributed by atoms with E-state index in [0.717, 1.165) is 56.8 Å². The average Bonchev–Trinajstić information content (AvgIpc) is 3.10. The van der Waals surface area contributed by atoms with Gasteiger partial charge in [0.1, 0.15) is 5.82 Å². The third-order valence-electron chi connectivity index (χ3n) is 5.04. The third-order valence-corrected chi connectivity index (χ3v) is 5.04. The number of benzene rings is 1. The highest BCUT2D eigenvalue weighted by molar-refractivity contribution is 5.85. The summed E-state index contributed by atoms with van der Waals surface area (Å²) in [5, 5.41) is 6.25. The van der Waals surface area contributed by atoms with E-state index in [4.69, 9.17) is 0 Å². The van der Waals surface area contributed by atoms with Gasteiger partial charge in [0.15, 0.2) is 0 Å². The molecule has 2 saturated heterocycles. The SMILES string of the molecule is CC(NC(=O)C1CCCN1)c1cc(F)ccc1N1CCN(C)CC1.Cl. The molecule has 0 saturated carbocycles. The van der Waals surface area contributed by atoms with E-state index in [0.29, 0.717) is 0 Å². The Hall–Kier alpha value is -1.37. The summed E-state index contributed by atoms with van der Waals surface area (Å²) in [6.45, 7) is 6.63. The highest BCUT2D eigenvalue weighted by atomic mass is 35.5. The molecule has 2 aliphatic rings. The maximum Gasteiger partial charge on any atom is 0.237 e. The van der Waals surface area contributed by atoms with Crippen molar-refractivity contribution in [3.63, 3.8) is 0 Å². The van der Waals surface area contributed by atoms with E-state index in [-0.39, 0.29) is 36.2 Å². The molecular formula is C18H28ClFN4O. The van der Waals surface area contributed by atoms with Crippen molar-refractivity contribution in [1.29, 1.82) is 0 Å². The number of rotatable bonds is 4. The van der Waals surface area contributed by atoms with E-state index >= 15 is 0 Å². The third kappa shape index (κ3) is 4.84. The first-order chi connectivity index (χ1) is 11.5. The molecule has 2 N–H and O–H groups in total. The van der Waals surface area contributed by atoms with Gasteiger partial charge in [-0.15, -0.1) is 12.4 Å². The molecule has 2 unspecified atom stereocenters. The maximum absolute atomic E-state index is 13.8. The quantitative estimate of drug-likeness (QED) is 0.850. The van der Waals surface area contributed by atoms with Gasteiger partial charge in [0.25, 0.3) is 0 Å². The van der Waals surface area contributed by atoms with Crippen LogP contribution in [0.3, 0.4) is 0 Å². The average molecular weight is 371 g/mol. The van der Waals surface area contributed by atoms with Crippen LogP contribution in [-0.4, -0.2) is 56.6 Å². The van der Waals surface area contributed by atoms with E-state index in [1.165, 1.54) is 6.07 Å². The van der Waals surface area contributed by atoms with Crippen LogP contribution in [0.25, 0.3) is 0 Å². The van der Waals surface area contributed by atoms with Crippen LogP contribution in [0.5, 0.6) is 0 Å². The lowest BCUT2D eigenvalue weighted by molar-refractivity contribution is -0.123. The van der Waals surface area contributed by atoms with E-state index in [1.807, 2.05) is 13.0 Å². The van der Waals surface area contributed by atoms with Crippen LogP contribution < -0.4 is 15.5 Å². The fraction of sp³-hybridized carbons (Fsp3) is 0.611. The smallest absolute Gasteiger partial charge is 0.237 e. The second-order valence-corrected chi connectivity index (χ2v) is 6.87. The number of halogens is 2. The van der Waals surface area contributed by atoms with E-state index in [1.54, 1.807) is 6.07 Å². The summed E-state index contributed by atoms with van der Waals surface area (Å²) >= 11 is 0. The van der Waals surface area contributed by atoms with Gasteiger partial charge in [-0.2, -0.15) is 0 Å². The highest BCUT2D eigenvalue weighted by Gasteiger charge is 2.25. The Labute approximate surface area is 155 Å². The molecule has 3 rings (SSSR count). The Morgan fingerprint density at radius 2 is 2.04 bits per heavy atom. The second-order valence-electron chi connectivity index (χ2n) is 6.87. The molecule has 140 valence electrons. The highest BCUT2D eigenvalue weighted by Crippen LogP contribution is 2.28. The minimum Gasteiger partial charge on any atom is -0.369 e. The fourth-order valence-corrected chi connectivity index (χ4v) is 3.51. The summed E-state index contributed by atoms with van der Waals surface area (Å²) < 4.78 is 13.8. The van der Waals surface area contributed by atoms with Crippen LogP contribution in [0.2, 0.25) is 0 Å². The second kappa shape index (κ2) is 8.83. The monoisotopic (exact) mass is 370 g/mol. The predicted octanol–water partition coefficient (Wildman–Crippen LogP) is 1.93. The van der Waals surface area contributed by atoms with Gasteiger partial charge in [-0.3, -0.25) is 4.79 Å². The molecule has 0 aliphatic carbocycles. The van der Waals surface area contributed by atoms with Crippen molar-refractivity contribution in [2.75, 3.05) is 44.7 Å². The van der Waals surface area contributed by atoms with Gasteiger partial charge in [0.2, 0.25) is 5.91 Å². The van der Waals surface area contributed by atoms with Gasteiger partial charge in [0.05, 0.1) is 12.1 Å². The molecule has 2 fully saturated rings. The van der Waals surface area contributed by atoms with Crippen LogP contribution in [0.1, 0.15) is 31.4 Å². The summed E-state index contributed by atoms with van der Waals surface area (Å²) in [5.74, 6) is -0.253. The molecule has 1 aromatic rings. The number of amides is 1. The number of carbonyl (C=O) groups is 1. The van der Waals surface area contributed by atoms with Crippen molar-refractivity contribution in [3.05, 3.63) is 29.6 Å². The van der Waals surface area contributed by atoms with Crippen LogP contribution in [0.4, 0.5) is 10.1 Å². The number of nitrogens with zero attached hydrogens (tertiary/aromatic N) is 2. The standard InChI is InChI=1S/C18H27FN4O.ClH/c1-13(21-18(24)16-4-3-7-20-16)15-12-14(19)5-6-17(15)23-10-8-22(2)9-11-23;/h5-6,12-13,16,20H,3-4,7-11H2,1-2H3,(H,21,24);1H. The number of piperazine rings is 1. The first-order valence-corrected chi connectivity index (χ1v) is 8.81. The molecular weight excluding hydrogens is 343 g/mol. The zero-order chi connectivity index (χ0) is 17.1. The minimum atomic E-state index is -0.261. The first kappa shape index (κ1) is 19.9. The van der Waals surface area contributed by atoms with Crippen LogP contribution in [0, 0.1) is 5.82 Å². The summed E-state index contributed by atoms with van der Waals surface area (Å²) in [7, 11) is 2.11. The Morgan fingerprint density at radius 3 is 2.68 bits per heavy atom. The van der Waals surface area contributed by atoms with Crippen molar-refractivity contribution in [3.8, 4) is 0 Å². The summed E-state index contributed by atoms with van der Waals surface area (Å²) in [6.07, 6.45) is 1.89. The molecule has 0 radical (unpaired) electrons. The van der Waals surface area contributed by atoms with Crippen molar-refractivity contribution >= 4 is 24.0 Å². The van der Waals surface area contributed by atoms with E-state index in [9.17, 15) is 9.18 Å². The zero-order valence-electron chi connectivity index (χ0n) is 14.9. The van der Waals surface area contributed by atoms with Gasteiger partial charge >= 0.3 is 0 Å². The molecule has 7 heteroatoms. The van der Waals surface area contributed by atoms with Gasteiger partial charge in [-0.05, 0) is 51.6 Å². The summed E-state index contributed by atoms with van der Waals surface area (Å²) in [5.41, 5.74) is 1.88. The molecule has 1 aromatic carbocycles. The Kier molecular flexibility index (Phi) is 7.04. The molecule has 25 heavy (non-hydrogen) atoms. The Morgan fingerprint density at radius 1 is 1.32 bits per heavy atom. The molecule has 1 amide bonds. The zero-order valence-corrected chi connectivity index (χ0v) is 15.7. The van der Waals surface area contributed by atoms with Crippen molar-refractivity contribution < 1.29 is 9.18 Å². The number of carbonyl (C=O) groups excluding carboxylic acids is 1. The molecule has 0 bridgehead atoms. The van der Waals surface area contributed by atoms with Gasteiger partial charge in [-0.1, -0.05) is 0 Å². The van der Waals surface area contributed by atoms with Gasteiger partial charge in [0, 0.05) is 37.4 Å². The van der Waals surface area contributed by atoms with Crippen molar-refractivity contribution in [2.24, 2.45) is 0 Å². The lowest BCUT2D eigenvalue weighted by Crippen LogP contribution is -2.45. The molecule has 0 spiro atoms. The van der Waals surface area contributed by atoms with E-state index in [2.05, 4.69) is 27.5 Å². The molecule has 2 aliphatic heterocycles. The Balaban J connectivity index is 0.00000225. The number of nitrogens with one attached hydrogen (secondary N) is 2. The lowest BCUT2D eigenvalue weighted by atomic mass is 10.0. The topological polar surface area (TPSA) is 47.6 Å². The lowest BCUT2D eigenvalue weighted by Gasteiger charge is -2.36. The van der Waals surface area contributed by atoms with Gasteiger partial charge in [-0.25, -0.2) is 4.39 Å². The predicted molar refractivity (Wildman–Crippen MR) is 101 cm³/mol. The van der Waals surface area contributed by atoms with Crippen LogP contribution in [-0.2, 0) is 4.79 Å². The number of hydrogen-bond donors (Lipinski definition) is 2. The van der Waals surface area contributed by atoms with Crippen LogP contribution in [0.15, 0.2) is 18.2 Å². The minimum absolute atomic E-state index is 0. The van der Waals surface area contributed by atoms with Crippen molar-refractivity contribution in [2.45, 2.75) is 31.8 Å². The molecule has 2 heterocycles. The van der Waals surface area contributed by atoms with E-state index < -0.39 is 0 Å². The summed E-state index contributed by atoms with van der Waals surface area (Å²) in [4.78, 5) is 16.9. The molecule has 0 aromatic heterocycles. The van der Waals surface area contributed by atoms with Crippen molar-refractivity contribution in [1.82, 2.24) is 15.5 Å². The van der Waals surface area contributed by atoms with Crippen LogP contribution >= 0.6 is 12.4 Å². The largest absolute Gasteiger partial charge is 0.369 e. The maximum atomic E-state index is 13.8. The normalized spacial score (nSPS) is 22.4. The van der Waals surface area contributed by atoms with Gasteiger partial charge < -0.3 is 20.4 Å². The Bertz CT molecular complexity index is 586.